The van der Waals surface area contributed by atoms with Gasteiger partial charge in [-0.3, -0.25) is 4.79 Å². The number of hydrogen-bond donors (Lipinski definition) is 0. The van der Waals surface area contributed by atoms with Crippen LogP contribution >= 0.6 is 11.6 Å². The summed E-state index contributed by atoms with van der Waals surface area (Å²) >= 11 is 5.84. The number of esters is 1. The Bertz CT molecular complexity index is 853. The van der Waals surface area contributed by atoms with E-state index in [1.54, 1.807) is 54.6 Å². The molecule has 1 aliphatic heterocycles. The first-order valence-corrected chi connectivity index (χ1v) is 10.3. The molecule has 2 aromatic rings. The standard InChI is InChI=1S/C19H20ClNO4S/c20-16-11-9-15(10-12-16)14-25-19(22)18-8-4-5-13-21(18)26(23,24)17-6-2-1-3-7-17/h1-3,6-7,9-12,18H,4-5,8,13-14H2. The lowest BCUT2D eigenvalue weighted by atomic mass is 10.1. The second kappa shape index (κ2) is 8.20. The van der Waals surface area contributed by atoms with Crippen LogP contribution in [0.4, 0.5) is 0 Å². The Morgan fingerprint density at radius 1 is 1.08 bits per heavy atom. The Balaban J connectivity index is 1.74. The van der Waals surface area contributed by atoms with E-state index in [4.69, 9.17) is 16.3 Å². The van der Waals surface area contributed by atoms with Gasteiger partial charge in [0.15, 0.2) is 0 Å². The minimum atomic E-state index is -3.73. The number of benzene rings is 2. The van der Waals surface area contributed by atoms with Crippen molar-refractivity contribution in [3.63, 3.8) is 0 Å². The van der Waals surface area contributed by atoms with Gasteiger partial charge in [0, 0.05) is 11.6 Å². The van der Waals surface area contributed by atoms with Gasteiger partial charge in [-0.15, -0.1) is 0 Å². The van der Waals surface area contributed by atoms with Gasteiger partial charge in [-0.2, -0.15) is 4.31 Å². The number of carbonyl (C=O) groups is 1. The van der Waals surface area contributed by atoms with Crippen LogP contribution in [-0.4, -0.2) is 31.3 Å². The molecule has 0 aromatic heterocycles. The van der Waals surface area contributed by atoms with Crippen LogP contribution in [0.3, 0.4) is 0 Å². The van der Waals surface area contributed by atoms with Crippen LogP contribution in [-0.2, 0) is 26.2 Å². The van der Waals surface area contributed by atoms with Gasteiger partial charge in [0.2, 0.25) is 10.0 Å². The molecule has 138 valence electrons. The molecule has 0 bridgehead atoms. The van der Waals surface area contributed by atoms with E-state index in [-0.39, 0.29) is 11.5 Å². The molecular formula is C19H20ClNO4S. The molecule has 0 spiro atoms. The van der Waals surface area contributed by atoms with Gasteiger partial charge in [-0.25, -0.2) is 8.42 Å². The number of sulfonamides is 1. The van der Waals surface area contributed by atoms with Gasteiger partial charge >= 0.3 is 5.97 Å². The third-order valence-electron chi connectivity index (χ3n) is 4.37. The Labute approximate surface area is 158 Å². The minimum Gasteiger partial charge on any atom is -0.460 e. The van der Waals surface area contributed by atoms with Crippen molar-refractivity contribution in [2.75, 3.05) is 6.54 Å². The molecule has 0 radical (unpaired) electrons. The summed E-state index contributed by atoms with van der Waals surface area (Å²) < 4.78 is 32.5. The van der Waals surface area contributed by atoms with Gasteiger partial charge in [0.25, 0.3) is 0 Å². The van der Waals surface area contributed by atoms with Crippen molar-refractivity contribution < 1.29 is 17.9 Å². The maximum absolute atomic E-state index is 12.9. The molecule has 0 saturated carbocycles. The van der Waals surface area contributed by atoms with Crippen molar-refractivity contribution in [2.45, 2.75) is 36.8 Å². The number of halogens is 1. The third kappa shape index (κ3) is 4.26. The molecule has 1 saturated heterocycles. The van der Waals surface area contributed by atoms with Crippen molar-refractivity contribution in [3.05, 3.63) is 65.2 Å². The van der Waals surface area contributed by atoms with Crippen LogP contribution < -0.4 is 0 Å². The largest absolute Gasteiger partial charge is 0.460 e. The predicted molar refractivity (Wildman–Crippen MR) is 99.2 cm³/mol. The molecule has 2 aromatic carbocycles. The van der Waals surface area contributed by atoms with Gasteiger partial charge in [-0.1, -0.05) is 41.9 Å². The molecule has 1 unspecified atom stereocenters. The van der Waals surface area contributed by atoms with Gasteiger partial charge < -0.3 is 4.74 Å². The van der Waals surface area contributed by atoms with E-state index >= 15 is 0 Å². The first kappa shape index (κ1) is 18.9. The summed E-state index contributed by atoms with van der Waals surface area (Å²) in [4.78, 5) is 12.8. The van der Waals surface area contributed by atoms with Crippen LogP contribution in [0.2, 0.25) is 5.02 Å². The van der Waals surface area contributed by atoms with Crippen molar-refractivity contribution in [1.29, 1.82) is 0 Å². The highest BCUT2D eigenvalue weighted by atomic mass is 35.5. The maximum atomic E-state index is 12.9. The van der Waals surface area contributed by atoms with Crippen LogP contribution in [0, 0.1) is 0 Å². The minimum absolute atomic E-state index is 0.0890. The highest BCUT2D eigenvalue weighted by Crippen LogP contribution is 2.26. The highest BCUT2D eigenvalue weighted by molar-refractivity contribution is 7.89. The van der Waals surface area contributed by atoms with Crippen LogP contribution in [0.25, 0.3) is 0 Å². The third-order valence-corrected chi connectivity index (χ3v) is 6.54. The molecule has 1 aliphatic rings. The molecule has 26 heavy (non-hydrogen) atoms. The Morgan fingerprint density at radius 3 is 2.46 bits per heavy atom. The van der Waals surface area contributed by atoms with Crippen molar-refractivity contribution in [2.24, 2.45) is 0 Å². The summed E-state index contributed by atoms with van der Waals surface area (Å²) in [6.07, 6.45) is 1.99. The highest BCUT2D eigenvalue weighted by Gasteiger charge is 2.38. The Hall–Kier alpha value is -1.89. The summed E-state index contributed by atoms with van der Waals surface area (Å²) in [6, 6.07) is 14.4. The van der Waals surface area contributed by atoms with Gasteiger partial charge in [-0.05, 0) is 49.1 Å². The second-order valence-electron chi connectivity index (χ2n) is 6.17. The summed E-state index contributed by atoms with van der Waals surface area (Å²) in [6.45, 7) is 0.406. The van der Waals surface area contributed by atoms with Gasteiger partial charge in [0.1, 0.15) is 12.6 Å². The summed E-state index contributed by atoms with van der Waals surface area (Å²) in [5.41, 5.74) is 0.802. The van der Waals surface area contributed by atoms with Crippen molar-refractivity contribution in [3.8, 4) is 0 Å². The first-order chi connectivity index (χ1) is 12.5. The number of hydrogen-bond acceptors (Lipinski definition) is 4. The van der Waals surface area contributed by atoms with E-state index in [9.17, 15) is 13.2 Å². The summed E-state index contributed by atoms with van der Waals surface area (Å²) in [5.74, 6) is -0.515. The molecule has 1 fully saturated rings. The molecular weight excluding hydrogens is 374 g/mol. The summed E-state index contributed by atoms with van der Waals surface area (Å²) in [5, 5.41) is 0.604. The fraction of sp³-hybridized carbons (Fsp3) is 0.316. The molecule has 7 heteroatoms. The zero-order chi connectivity index (χ0) is 18.6. The number of piperidine rings is 1. The average molecular weight is 394 g/mol. The fourth-order valence-corrected chi connectivity index (χ4v) is 4.78. The average Bonchev–Trinajstić information content (AvgIpc) is 2.68. The molecule has 1 heterocycles. The number of nitrogens with zero attached hydrogens (tertiary/aromatic N) is 1. The van der Waals surface area contributed by atoms with E-state index in [0.29, 0.717) is 18.0 Å². The zero-order valence-electron chi connectivity index (χ0n) is 14.2. The Kier molecular flexibility index (Phi) is 5.96. The zero-order valence-corrected chi connectivity index (χ0v) is 15.7. The molecule has 0 amide bonds. The number of rotatable bonds is 5. The smallest absolute Gasteiger partial charge is 0.324 e. The van der Waals surface area contributed by atoms with E-state index in [0.717, 1.165) is 18.4 Å². The number of ether oxygens (including phenoxy) is 1. The van der Waals surface area contributed by atoms with Crippen LogP contribution in [0.15, 0.2) is 59.5 Å². The van der Waals surface area contributed by atoms with E-state index in [1.165, 1.54) is 4.31 Å². The fourth-order valence-electron chi connectivity index (χ4n) is 2.99. The van der Waals surface area contributed by atoms with E-state index in [1.807, 2.05) is 0 Å². The van der Waals surface area contributed by atoms with Gasteiger partial charge in [0.05, 0.1) is 4.90 Å². The van der Waals surface area contributed by atoms with Crippen molar-refractivity contribution >= 4 is 27.6 Å². The number of carbonyl (C=O) groups excluding carboxylic acids is 1. The monoisotopic (exact) mass is 393 g/mol. The normalized spacial score (nSPS) is 18.4. The van der Waals surface area contributed by atoms with Crippen LogP contribution in [0.1, 0.15) is 24.8 Å². The molecule has 0 aliphatic carbocycles. The van der Waals surface area contributed by atoms with Crippen molar-refractivity contribution in [1.82, 2.24) is 4.31 Å². The Morgan fingerprint density at radius 2 is 1.77 bits per heavy atom. The lowest BCUT2D eigenvalue weighted by molar-refractivity contribution is -0.150. The van der Waals surface area contributed by atoms with E-state index < -0.39 is 22.0 Å². The lowest BCUT2D eigenvalue weighted by Gasteiger charge is -2.33. The first-order valence-electron chi connectivity index (χ1n) is 8.46. The quantitative estimate of drug-likeness (QED) is 0.728. The lowest BCUT2D eigenvalue weighted by Crippen LogP contribution is -2.48. The topological polar surface area (TPSA) is 63.7 Å². The SMILES string of the molecule is O=C(OCc1ccc(Cl)cc1)C1CCCCN1S(=O)(=O)c1ccccc1. The molecule has 3 rings (SSSR count). The molecule has 1 atom stereocenters. The molecule has 5 nitrogen and oxygen atoms in total. The maximum Gasteiger partial charge on any atom is 0.324 e. The van der Waals surface area contributed by atoms with E-state index in [2.05, 4.69) is 0 Å². The summed E-state index contributed by atoms with van der Waals surface area (Å²) in [7, 11) is -3.73. The second-order valence-corrected chi connectivity index (χ2v) is 8.50. The van der Waals surface area contributed by atoms with Crippen LogP contribution in [0.5, 0.6) is 0 Å². The predicted octanol–water partition coefficient (Wildman–Crippen LogP) is 3.63. The molecule has 0 N–H and O–H groups in total.